The zero-order valence-corrected chi connectivity index (χ0v) is 13.7. The van der Waals surface area contributed by atoms with Gasteiger partial charge < -0.3 is 5.32 Å². The quantitative estimate of drug-likeness (QED) is 0.878. The average Bonchev–Trinajstić information content (AvgIpc) is 2.83. The molecule has 2 unspecified atom stereocenters. The standard InChI is InChI=1S/C15H25ClN2S/c1-11(2)18(9-13-5-4-6-17-8-13)12(3)14-7-15(16)19-10-14/h7,10-13,17H,4-6,8-9H2,1-3H3. The van der Waals surface area contributed by atoms with Crippen molar-refractivity contribution in [1.82, 2.24) is 10.2 Å². The Bertz CT molecular complexity index is 385. The van der Waals surface area contributed by atoms with Gasteiger partial charge in [0, 0.05) is 18.6 Å². The van der Waals surface area contributed by atoms with Gasteiger partial charge in [-0.1, -0.05) is 11.6 Å². The lowest BCUT2D eigenvalue weighted by molar-refractivity contribution is 0.127. The van der Waals surface area contributed by atoms with E-state index in [4.69, 9.17) is 11.6 Å². The Kier molecular flexibility index (Phi) is 5.70. The van der Waals surface area contributed by atoms with E-state index in [0.717, 1.165) is 10.3 Å². The molecule has 1 aliphatic heterocycles. The minimum atomic E-state index is 0.450. The lowest BCUT2D eigenvalue weighted by atomic mass is 9.97. The zero-order chi connectivity index (χ0) is 13.8. The summed E-state index contributed by atoms with van der Waals surface area (Å²) in [6.07, 6.45) is 2.67. The van der Waals surface area contributed by atoms with Crippen molar-refractivity contribution in [2.24, 2.45) is 5.92 Å². The summed E-state index contributed by atoms with van der Waals surface area (Å²) in [5.74, 6) is 0.785. The third-order valence-electron chi connectivity index (χ3n) is 4.10. The first-order chi connectivity index (χ1) is 9.08. The first-order valence-electron chi connectivity index (χ1n) is 7.28. The smallest absolute Gasteiger partial charge is 0.0931 e. The molecule has 0 spiro atoms. The fourth-order valence-corrected chi connectivity index (χ4v) is 3.91. The Morgan fingerprint density at radius 3 is 2.79 bits per heavy atom. The van der Waals surface area contributed by atoms with E-state index in [1.165, 1.54) is 38.0 Å². The highest BCUT2D eigenvalue weighted by Crippen LogP contribution is 2.30. The number of thiophene rings is 1. The van der Waals surface area contributed by atoms with Crippen LogP contribution in [-0.2, 0) is 0 Å². The molecular formula is C15H25ClN2S. The summed E-state index contributed by atoms with van der Waals surface area (Å²) in [5, 5.41) is 5.71. The maximum absolute atomic E-state index is 6.07. The summed E-state index contributed by atoms with van der Waals surface area (Å²) < 4.78 is 0.893. The number of halogens is 1. The van der Waals surface area contributed by atoms with Crippen molar-refractivity contribution in [3.8, 4) is 0 Å². The van der Waals surface area contributed by atoms with Gasteiger partial charge in [-0.25, -0.2) is 0 Å². The Morgan fingerprint density at radius 2 is 2.26 bits per heavy atom. The van der Waals surface area contributed by atoms with Gasteiger partial charge in [0.2, 0.25) is 0 Å². The van der Waals surface area contributed by atoms with E-state index >= 15 is 0 Å². The third kappa shape index (κ3) is 4.19. The van der Waals surface area contributed by atoms with Crippen molar-refractivity contribution in [3.05, 3.63) is 21.3 Å². The molecule has 4 heteroatoms. The molecule has 19 heavy (non-hydrogen) atoms. The highest BCUT2D eigenvalue weighted by molar-refractivity contribution is 7.14. The van der Waals surface area contributed by atoms with Gasteiger partial charge in [-0.3, -0.25) is 4.90 Å². The molecule has 0 aliphatic carbocycles. The SMILES string of the molecule is CC(C)N(CC1CCCNC1)C(C)c1csc(Cl)c1. The fourth-order valence-electron chi connectivity index (χ4n) is 2.93. The number of hydrogen-bond donors (Lipinski definition) is 1. The van der Waals surface area contributed by atoms with Gasteiger partial charge in [-0.2, -0.15) is 0 Å². The van der Waals surface area contributed by atoms with Crippen LogP contribution in [0.4, 0.5) is 0 Å². The minimum Gasteiger partial charge on any atom is -0.316 e. The molecule has 1 aromatic rings. The van der Waals surface area contributed by atoms with Crippen molar-refractivity contribution in [2.45, 2.75) is 45.7 Å². The van der Waals surface area contributed by atoms with Crippen LogP contribution in [0.1, 0.15) is 45.2 Å². The van der Waals surface area contributed by atoms with E-state index in [2.05, 4.69) is 42.4 Å². The molecule has 1 fully saturated rings. The Morgan fingerprint density at radius 1 is 1.47 bits per heavy atom. The molecule has 1 N–H and O–H groups in total. The number of nitrogens with one attached hydrogen (secondary N) is 1. The van der Waals surface area contributed by atoms with Gasteiger partial charge in [0.15, 0.2) is 0 Å². The lowest BCUT2D eigenvalue weighted by Gasteiger charge is -2.36. The van der Waals surface area contributed by atoms with E-state index in [1.54, 1.807) is 11.3 Å². The van der Waals surface area contributed by atoms with Crippen LogP contribution in [0, 0.1) is 5.92 Å². The van der Waals surface area contributed by atoms with Gasteiger partial charge in [-0.15, -0.1) is 11.3 Å². The van der Waals surface area contributed by atoms with Crippen LogP contribution < -0.4 is 5.32 Å². The second-order valence-corrected chi connectivity index (χ2v) is 7.41. The van der Waals surface area contributed by atoms with Crippen LogP contribution in [0.15, 0.2) is 11.4 Å². The summed E-state index contributed by atoms with van der Waals surface area (Å²) in [6, 6.07) is 3.13. The van der Waals surface area contributed by atoms with Crippen LogP contribution in [0.2, 0.25) is 4.34 Å². The largest absolute Gasteiger partial charge is 0.316 e. The van der Waals surface area contributed by atoms with Gasteiger partial charge in [0.25, 0.3) is 0 Å². The molecule has 0 saturated carbocycles. The van der Waals surface area contributed by atoms with E-state index < -0.39 is 0 Å². The first kappa shape index (κ1) is 15.3. The van der Waals surface area contributed by atoms with Gasteiger partial charge >= 0.3 is 0 Å². The molecule has 2 heterocycles. The summed E-state index contributed by atoms with van der Waals surface area (Å²) >= 11 is 7.70. The Balaban J connectivity index is 2.02. The highest BCUT2D eigenvalue weighted by Gasteiger charge is 2.24. The maximum Gasteiger partial charge on any atom is 0.0931 e. The van der Waals surface area contributed by atoms with Crippen LogP contribution in [0.5, 0.6) is 0 Å². The van der Waals surface area contributed by atoms with Crippen LogP contribution in [0.25, 0.3) is 0 Å². The molecule has 108 valence electrons. The number of nitrogens with zero attached hydrogens (tertiary/aromatic N) is 1. The topological polar surface area (TPSA) is 15.3 Å². The predicted molar refractivity (Wildman–Crippen MR) is 85.2 cm³/mol. The maximum atomic E-state index is 6.07. The van der Waals surface area contributed by atoms with E-state index in [9.17, 15) is 0 Å². The third-order valence-corrected chi connectivity index (χ3v) is 5.21. The summed E-state index contributed by atoms with van der Waals surface area (Å²) in [5.41, 5.74) is 1.35. The fraction of sp³-hybridized carbons (Fsp3) is 0.733. The molecule has 0 aromatic carbocycles. The van der Waals surface area contributed by atoms with Crippen LogP contribution in [0.3, 0.4) is 0 Å². The summed E-state index contributed by atoms with van der Waals surface area (Å²) in [4.78, 5) is 2.61. The molecule has 1 aliphatic rings. The van der Waals surface area contributed by atoms with Crippen molar-refractivity contribution < 1.29 is 0 Å². The molecule has 0 amide bonds. The monoisotopic (exact) mass is 300 g/mol. The normalized spacial score (nSPS) is 22.1. The molecule has 2 atom stereocenters. The van der Waals surface area contributed by atoms with Gasteiger partial charge in [0.05, 0.1) is 4.34 Å². The molecule has 2 rings (SSSR count). The minimum absolute atomic E-state index is 0.450. The highest BCUT2D eigenvalue weighted by atomic mass is 35.5. The van der Waals surface area contributed by atoms with Crippen molar-refractivity contribution in [2.75, 3.05) is 19.6 Å². The Hall–Kier alpha value is -0.0900. The van der Waals surface area contributed by atoms with Gasteiger partial charge in [-0.05, 0) is 69.6 Å². The van der Waals surface area contributed by atoms with Crippen molar-refractivity contribution >= 4 is 22.9 Å². The molecule has 0 radical (unpaired) electrons. The molecular weight excluding hydrogens is 276 g/mol. The van der Waals surface area contributed by atoms with E-state index in [1.807, 2.05) is 0 Å². The molecule has 1 aromatic heterocycles. The average molecular weight is 301 g/mol. The van der Waals surface area contributed by atoms with Crippen LogP contribution in [-0.4, -0.2) is 30.6 Å². The number of hydrogen-bond acceptors (Lipinski definition) is 3. The van der Waals surface area contributed by atoms with E-state index in [-0.39, 0.29) is 0 Å². The first-order valence-corrected chi connectivity index (χ1v) is 8.54. The van der Waals surface area contributed by atoms with Gasteiger partial charge in [0.1, 0.15) is 0 Å². The molecule has 2 nitrogen and oxygen atoms in total. The summed E-state index contributed by atoms with van der Waals surface area (Å²) in [6.45, 7) is 10.4. The zero-order valence-electron chi connectivity index (χ0n) is 12.2. The second kappa shape index (κ2) is 7.07. The summed E-state index contributed by atoms with van der Waals surface area (Å²) in [7, 11) is 0. The Labute approximate surface area is 126 Å². The second-order valence-electron chi connectivity index (χ2n) is 5.86. The molecule has 0 bridgehead atoms. The molecule has 1 saturated heterocycles. The number of rotatable bonds is 5. The van der Waals surface area contributed by atoms with Crippen LogP contribution >= 0.6 is 22.9 Å². The van der Waals surface area contributed by atoms with Crippen molar-refractivity contribution in [3.63, 3.8) is 0 Å². The number of piperidine rings is 1. The van der Waals surface area contributed by atoms with Crippen molar-refractivity contribution in [1.29, 1.82) is 0 Å². The predicted octanol–water partition coefficient (Wildman–Crippen LogP) is 4.17. The lowest BCUT2D eigenvalue weighted by Crippen LogP contribution is -2.42. The van der Waals surface area contributed by atoms with E-state index in [0.29, 0.717) is 12.1 Å².